The molecule has 2 unspecified atom stereocenters. The lowest BCUT2D eigenvalue weighted by atomic mass is 9.88. The monoisotopic (exact) mass is 405 g/mol. The van der Waals surface area contributed by atoms with Crippen molar-refractivity contribution in [2.75, 3.05) is 25.6 Å². The zero-order valence-corrected chi connectivity index (χ0v) is 16.7. The first-order valence-corrected chi connectivity index (χ1v) is 10.4. The highest BCUT2D eigenvalue weighted by Gasteiger charge is 2.32. The van der Waals surface area contributed by atoms with E-state index in [1.54, 1.807) is 28.9 Å². The number of carbonyl (C=O) groups excluding carboxylic acids is 1. The molecule has 3 rings (SSSR count). The lowest BCUT2D eigenvalue weighted by Gasteiger charge is -2.26. The second-order valence-corrected chi connectivity index (χ2v) is 8.45. The summed E-state index contributed by atoms with van der Waals surface area (Å²) in [4.78, 5) is 15.4. The van der Waals surface area contributed by atoms with Crippen LogP contribution in [0.25, 0.3) is 11.2 Å². The molecule has 2 heterocycles. The minimum atomic E-state index is -3.54. The van der Waals surface area contributed by atoms with Gasteiger partial charge in [-0.05, 0) is 23.3 Å². The molecule has 1 aliphatic carbocycles. The van der Waals surface area contributed by atoms with E-state index in [-0.39, 0.29) is 24.3 Å². The largest absolute Gasteiger partial charge is 0.383 e. The Morgan fingerprint density at radius 1 is 1.36 bits per heavy atom. The van der Waals surface area contributed by atoms with Crippen LogP contribution in [0.4, 0.5) is 5.95 Å². The number of nitrogens with zero attached hydrogens (tertiary/aromatic N) is 3. The summed E-state index contributed by atoms with van der Waals surface area (Å²) in [5.74, 6) is -0.294. The topological polar surface area (TPSA) is 115 Å². The van der Waals surface area contributed by atoms with Crippen LogP contribution < -0.4 is 10.0 Å². The number of nitrogens with one attached hydrogen (secondary N) is 2. The molecule has 0 fully saturated rings. The van der Waals surface area contributed by atoms with Gasteiger partial charge >= 0.3 is 0 Å². The van der Waals surface area contributed by atoms with Gasteiger partial charge < -0.3 is 4.74 Å². The van der Waals surface area contributed by atoms with Crippen LogP contribution in [-0.2, 0) is 19.6 Å². The van der Waals surface area contributed by atoms with Crippen molar-refractivity contribution in [1.29, 1.82) is 0 Å². The Bertz CT molecular complexity index is 1040. The number of methoxy groups -OCH3 is 1. The van der Waals surface area contributed by atoms with Crippen molar-refractivity contribution in [3.05, 3.63) is 42.1 Å². The van der Waals surface area contributed by atoms with Gasteiger partial charge in [0.25, 0.3) is 0 Å². The SMILES string of the molecule is COCCNS(=O)(=O)C1C=CC=C(c2ccc3nc(NC(C)=O)nn3c2)C1C. The molecule has 1 amide bonds. The molecule has 0 radical (unpaired) electrons. The predicted molar refractivity (Wildman–Crippen MR) is 106 cm³/mol. The van der Waals surface area contributed by atoms with Crippen molar-refractivity contribution >= 4 is 33.1 Å². The number of hydrogen-bond acceptors (Lipinski definition) is 6. The summed E-state index contributed by atoms with van der Waals surface area (Å²) >= 11 is 0. The molecule has 9 nitrogen and oxygen atoms in total. The molecular weight excluding hydrogens is 382 g/mol. The third-order valence-corrected chi connectivity index (χ3v) is 6.37. The highest BCUT2D eigenvalue weighted by molar-refractivity contribution is 7.90. The average molecular weight is 405 g/mol. The number of allylic oxidation sites excluding steroid dienone is 3. The van der Waals surface area contributed by atoms with Gasteiger partial charge in [0.15, 0.2) is 5.65 Å². The minimum absolute atomic E-state index is 0.220. The Kier molecular flexibility index (Phi) is 5.92. The molecule has 2 N–H and O–H groups in total. The van der Waals surface area contributed by atoms with Crippen LogP contribution in [0.15, 0.2) is 36.6 Å². The molecule has 1 aliphatic rings. The molecular formula is C18H23N5O4S. The second-order valence-electron chi connectivity index (χ2n) is 6.53. The van der Waals surface area contributed by atoms with Crippen LogP contribution in [0.5, 0.6) is 0 Å². The van der Waals surface area contributed by atoms with Crippen molar-refractivity contribution in [1.82, 2.24) is 19.3 Å². The molecule has 10 heteroatoms. The number of ether oxygens (including phenoxy) is 1. The Hall–Kier alpha value is -2.56. The number of rotatable bonds is 7. The molecule has 150 valence electrons. The smallest absolute Gasteiger partial charge is 0.249 e. The molecule has 0 saturated heterocycles. The highest BCUT2D eigenvalue weighted by Crippen LogP contribution is 2.32. The van der Waals surface area contributed by atoms with E-state index in [0.717, 1.165) is 11.1 Å². The van der Waals surface area contributed by atoms with E-state index < -0.39 is 15.3 Å². The lowest BCUT2D eigenvalue weighted by Crippen LogP contribution is -2.39. The van der Waals surface area contributed by atoms with E-state index in [2.05, 4.69) is 20.1 Å². The molecule has 2 aromatic heterocycles. The van der Waals surface area contributed by atoms with Crippen LogP contribution in [0.3, 0.4) is 0 Å². The van der Waals surface area contributed by atoms with Crippen molar-refractivity contribution in [2.24, 2.45) is 5.92 Å². The number of hydrogen-bond donors (Lipinski definition) is 2. The molecule has 0 spiro atoms. The fourth-order valence-electron chi connectivity index (χ4n) is 3.14. The van der Waals surface area contributed by atoms with E-state index in [1.807, 2.05) is 19.1 Å². The number of aromatic nitrogens is 3. The summed E-state index contributed by atoms with van der Waals surface area (Å²) in [6, 6.07) is 3.64. The quantitative estimate of drug-likeness (QED) is 0.669. The maximum atomic E-state index is 12.7. The number of fused-ring (bicyclic) bond motifs is 1. The fourth-order valence-corrected chi connectivity index (χ4v) is 4.68. The molecule has 0 aromatic carbocycles. The van der Waals surface area contributed by atoms with Crippen LogP contribution in [0.1, 0.15) is 19.4 Å². The highest BCUT2D eigenvalue weighted by atomic mass is 32.2. The Morgan fingerprint density at radius 2 is 2.14 bits per heavy atom. The number of sulfonamides is 1. The van der Waals surface area contributed by atoms with E-state index in [9.17, 15) is 13.2 Å². The van der Waals surface area contributed by atoms with Gasteiger partial charge in [0, 0.05) is 32.7 Å². The van der Waals surface area contributed by atoms with Crippen molar-refractivity contribution in [3.63, 3.8) is 0 Å². The summed E-state index contributed by atoms with van der Waals surface area (Å²) in [5.41, 5.74) is 2.29. The Labute approximate surface area is 163 Å². The summed E-state index contributed by atoms with van der Waals surface area (Å²) < 4.78 is 34.4. The first-order valence-electron chi connectivity index (χ1n) is 8.82. The maximum Gasteiger partial charge on any atom is 0.249 e. The number of pyridine rings is 1. The Balaban J connectivity index is 1.86. The van der Waals surface area contributed by atoms with Crippen LogP contribution in [0.2, 0.25) is 0 Å². The second kappa shape index (κ2) is 8.21. The van der Waals surface area contributed by atoms with Gasteiger partial charge in [-0.25, -0.2) is 17.7 Å². The normalized spacial score (nSPS) is 19.6. The summed E-state index contributed by atoms with van der Waals surface area (Å²) in [5, 5.41) is 6.09. The molecule has 0 aliphatic heterocycles. The molecule has 28 heavy (non-hydrogen) atoms. The van der Waals surface area contributed by atoms with Crippen LogP contribution >= 0.6 is 0 Å². The Morgan fingerprint density at radius 3 is 2.86 bits per heavy atom. The van der Waals surface area contributed by atoms with Gasteiger partial charge in [0.1, 0.15) is 5.25 Å². The van der Waals surface area contributed by atoms with Crippen molar-refractivity contribution in [3.8, 4) is 0 Å². The number of amides is 1. The average Bonchev–Trinajstić information content (AvgIpc) is 3.02. The summed E-state index contributed by atoms with van der Waals surface area (Å²) in [7, 11) is -2.01. The van der Waals surface area contributed by atoms with Crippen LogP contribution in [-0.4, -0.2) is 54.4 Å². The first kappa shape index (κ1) is 20.2. The maximum absolute atomic E-state index is 12.7. The summed E-state index contributed by atoms with van der Waals surface area (Å²) in [6.07, 6.45) is 7.12. The third kappa shape index (κ3) is 4.29. The van der Waals surface area contributed by atoms with Gasteiger partial charge in [0.2, 0.25) is 21.9 Å². The first-order chi connectivity index (χ1) is 13.3. The zero-order chi connectivity index (χ0) is 20.3. The van der Waals surface area contributed by atoms with Gasteiger partial charge in [-0.2, -0.15) is 4.98 Å². The van der Waals surface area contributed by atoms with E-state index in [0.29, 0.717) is 12.3 Å². The number of carbonyl (C=O) groups is 1. The summed E-state index contributed by atoms with van der Waals surface area (Å²) in [6.45, 7) is 3.81. The fraction of sp³-hybridized carbons (Fsp3) is 0.389. The molecule has 0 saturated carbocycles. The third-order valence-electron chi connectivity index (χ3n) is 4.48. The standard InChI is InChI=1S/C18H23N5O4S/c1-12-15(5-4-6-16(12)28(25,26)19-9-10-27-3)14-7-8-17-21-18(20-13(2)24)22-23(17)11-14/h4-8,11-12,16,19H,9-10H2,1-3H3,(H,20,22,24). The van der Waals surface area contributed by atoms with Gasteiger partial charge in [0.05, 0.1) is 6.61 Å². The van der Waals surface area contributed by atoms with Crippen molar-refractivity contribution < 1.29 is 17.9 Å². The van der Waals surface area contributed by atoms with Gasteiger partial charge in [-0.1, -0.05) is 25.2 Å². The van der Waals surface area contributed by atoms with Crippen LogP contribution in [0, 0.1) is 5.92 Å². The van der Waals surface area contributed by atoms with Crippen molar-refractivity contribution in [2.45, 2.75) is 19.1 Å². The number of anilines is 1. The molecule has 2 atom stereocenters. The van der Waals surface area contributed by atoms with Gasteiger partial charge in [-0.15, -0.1) is 5.10 Å². The predicted octanol–water partition coefficient (Wildman–Crippen LogP) is 1.21. The van der Waals surface area contributed by atoms with Gasteiger partial charge in [-0.3, -0.25) is 10.1 Å². The van der Waals surface area contributed by atoms with E-state index in [4.69, 9.17) is 4.74 Å². The lowest BCUT2D eigenvalue weighted by molar-refractivity contribution is -0.114. The van der Waals surface area contributed by atoms with E-state index >= 15 is 0 Å². The zero-order valence-electron chi connectivity index (χ0n) is 15.9. The minimum Gasteiger partial charge on any atom is -0.383 e. The molecule has 0 bridgehead atoms. The van der Waals surface area contributed by atoms with E-state index in [1.165, 1.54) is 14.0 Å². The molecule has 2 aromatic rings.